The minimum atomic E-state index is -0.301. The van der Waals surface area contributed by atoms with Crippen LogP contribution in [0.5, 0.6) is 0 Å². The molecule has 2 aliphatic heterocycles. The molecule has 2 aliphatic rings. The van der Waals surface area contributed by atoms with E-state index >= 15 is 0 Å². The predicted octanol–water partition coefficient (Wildman–Crippen LogP) is 2.02. The Morgan fingerprint density at radius 1 is 1.20 bits per heavy atom. The molecule has 0 bridgehead atoms. The Morgan fingerprint density at radius 3 is 2.64 bits per heavy atom. The summed E-state index contributed by atoms with van der Waals surface area (Å²) in [4.78, 5) is 27.1. The van der Waals surface area contributed by atoms with Gasteiger partial charge in [0.15, 0.2) is 0 Å². The molecule has 5 nitrogen and oxygen atoms in total. The van der Waals surface area contributed by atoms with Crippen molar-refractivity contribution >= 4 is 24.2 Å². The summed E-state index contributed by atoms with van der Waals surface area (Å²) in [7, 11) is 0. The third-order valence-electron chi connectivity index (χ3n) is 5.07. The molecule has 0 spiro atoms. The van der Waals surface area contributed by atoms with Crippen LogP contribution in [-0.2, 0) is 16.1 Å². The van der Waals surface area contributed by atoms with E-state index in [2.05, 4.69) is 10.6 Å². The van der Waals surface area contributed by atoms with E-state index in [1.54, 1.807) is 0 Å². The molecular weight excluding hydrogens is 338 g/mol. The van der Waals surface area contributed by atoms with Gasteiger partial charge in [0.1, 0.15) is 6.04 Å². The monoisotopic (exact) mass is 365 g/mol. The first kappa shape index (κ1) is 19.7. The van der Waals surface area contributed by atoms with Gasteiger partial charge >= 0.3 is 0 Å². The first-order valence-electron chi connectivity index (χ1n) is 8.99. The van der Waals surface area contributed by atoms with Gasteiger partial charge in [-0.3, -0.25) is 9.59 Å². The zero-order chi connectivity index (χ0) is 16.9. The van der Waals surface area contributed by atoms with Gasteiger partial charge < -0.3 is 15.5 Å². The van der Waals surface area contributed by atoms with Gasteiger partial charge in [0.25, 0.3) is 0 Å². The van der Waals surface area contributed by atoms with E-state index in [1.165, 1.54) is 5.56 Å². The van der Waals surface area contributed by atoms with E-state index in [-0.39, 0.29) is 36.2 Å². The molecular formula is C19H28ClN3O2. The number of piperidine rings is 1. The number of rotatable bonds is 4. The Kier molecular flexibility index (Phi) is 7.26. The Hall–Kier alpha value is -1.59. The molecule has 2 saturated heterocycles. The van der Waals surface area contributed by atoms with Gasteiger partial charge in [-0.15, -0.1) is 12.4 Å². The lowest BCUT2D eigenvalue weighted by molar-refractivity contribution is -0.142. The number of hydrogen-bond donors (Lipinski definition) is 2. The van der Waals surface area contributed by atoms with E-state index in [4.69, 9.17) is 0 Å². The molecule has 2 atom stereocenters. The topological polar surface area (TPSA) is 61.4 Å². The summed E-state index contributed by atoms with van der Waals surface area (Å²) in [5.41, 5.74) is 2.29. The van der Waals surface area contributed by atoms with E-state index in [9.17, 15) is 9.59 Å². The first-order chi connectivity index (χ1) is 11.6. The second-order valence-electron chi connectivity index (χ2n) is 6.94. The van der Waals surface area contributed by atoms with Gasteiger partial charge in [-0.2, -0.15) is 0 Å². The summed E-state index contributed by atoms with van der Waals surface area (Å²) in [6.07, 6.45) is 3.65. The van der Waals surface area contributed by atoms with E-state index < -0.39 is 0 Å². The largest absolute Gasteiger partial charge is 0.350 e. The molecule has 25 heavy (non-hydrogen) atoms. The van der Waals surface area contributed by atoms with E-state index in [1.807, 2.05) is 36.1 Å². The van der Waals surface area contributed by atoms with Crippen LogP contribution in [0, 0.1) is 12.8 Å². The zero-order valence-corrected chi connectivity index (χ0v) is 15.6. The van der Waals surface area contributed by atoms with Crippen molar-refractivity contribution in [3.05, 3.63) is 35.4 Å². The number of aryl methyl sites for hydroxylation is 1. The maximum absolute atomic E-state index is 12.7. The molecule has 3 rings (SSSR count). The first-order valence-corrected chi connectivity index (χ1v) is 8.99. The van der Waals surface area contributed by atoms with Crippen molar-refractivity contribution < 1.29 is 9.59 Å². The number of hydrogen-bond acceptors (Lipinski definition) is 3. The zero-order valence-electron chi connectivity index (χ0n) is 14.8. The van der Waals surface area contributed by atoms with E-state index in [0.717, 1.165) is 44.3 Å². The number of nitrogens with one attached hydrogen (secondary N) is 2. The molecule has 0 saturated carbocycles. The van der Waals surface area contributed by atoms with Crippen LogP contribution < -0.4 is 10.6 Å². The highest BCUT2D eigenvalue weighted by molar-refractivity contribution is 5.89. The molecule has 0 aliphatic carbocycles. The quantitative estimate of drug-likeness (QED) is 0.858. The van der Waals surface area contributed by atoms with Crippen molar-refractivity contribution in [1.29, 1.82) is 0 Å². The van der Waals surface area contributed by atoms with E-state index in [0.29, 0.717) is 13.1 Å². The summed E-state index contributed by atoms with van der Waals surface area (Å²) in [5.74, 6) is 0.157. The van der Waals surface area contributed by atoms with Crippen LogP contribution in [0.15, 0.2) is 24.3 Å². The molecule has 138 valence electrons. The SMILES string of the molecule is Cc1ccc(CNC(=O)C2CCCN2C(=O)[C@H]2CCCNC2)cc1.Cl. The average Bonchev–Trinajstić information content (AvgIpc) is 3.11. The van der Waals surface area contributed by atoms with Crippen molar-refractivity contribution in [3.8, 4) is 0 Å². The minimum absolute atomic E-state index is 0. The molecule has 1 aromatic rings. The smallest absolute Gasteiger partial charge is 0.243 e. The predicted molar refractivity (Wildman–Crippen MR) is 101 cm³/mol. The third kappa shape index (κ3) is 4.95. The maximum Gasteiger partial charge on any atom is 0.243 e. The molecule has 6 heteroatoms. The fourth-order valence-corrected chi connectivity index (χ4v) is 3.61. The van der Waals surface area contributed by atoms with Gasteiger partial charge in [0, 0.05) is 19.6 Å². The van der Waals surface area contributed by atoms with Gasteiger partial charge in [-0.1, -0.05) is 29.8 Å². The number of likely N-dealkylation sites (tertiary alicyclic amines) is 1. The maximum atomic E-state index is 12.7. The fourth-order valence-electron chi connectivity index (χ4n) is 3.61. The number of nitrogens with zero attached hydrogens (tertiary/aromatic N) is 1. The van der Waals surface area contributed by atoms with Crippen LogP contribution in [0.3, 0.4) is 0 Å². The standard InChI is InChI=1S/C19H27N3O2.ClH/c1-14-6-8-15(9-7-14)12-21-18(23)17-5-3-11-22(17)19(24)16-4-2-10-20-13-16;/h6-9,16-17,20H,2-5,10-13H2,1H3,(H,21,23);1H/t16-,17?;/m0./s1. The minimum Gasteiger partial charge on any atom is -0.350 e. The Bertz CT molecular complexity index is 585. The molecule has 2 N–H and O–H groups in total. The molecule has 1 unspecified atom stereocenters. The lowest BCUT2D eigenvalue weighted by Crippen LogP contribution is -2.50. The van der Waals surface area contributed by atoms with Gasteiger partial charge in [0.05, 0.1) is 5.92 Å². The van der Waals surface area contributed by atoms with Crippen LogP contribution >= 0.6 is 12.4 Å². The summed E-state index contributed by atoms with van der Waals surface area (Å²) >= 11 is 0. The average molecular weight is 366 g/mol. The van der Waals surface area contributed by atoms with Gasteiger partial charge in [0.2, 0.25) is 11.8 Å². The van der Waals surface area contributed by atoms with Crippen LogP contribution in [0.4, 0.5) is 0 Å². The Labute approximate surface area is 155 Å². The van der Waals surface area contributed by atoms with Crippen molar-refractivity contribution in [2.75, 3.05) is 19.6 Å². The highest BCUT2D eigenvalue weighted by Gasteiger charge is 2.37. The van der Waals surface area contributed by atoms with Gasteiger partial charge in [-0.25, -0.2) is 0 Å². The van der Waals surface area contributed by atoms with Gasteiger partial charge in [-0.05, 0) is 44.7 Å². The molecule has 2 heterocycles. The molecule has 2 amide bonds. The molecule has 0 radical (unpaired) electrons. The van der Waals surface area contributed by atoms with Crippen molar-refractivity contribution in [3.63, 3.8) is 0 Å². The second kappa shape index (κ2) is 9.20. The van der Waals surface area contributed by atoms with Crippen LogP contribution in [-0.4, -0.2) is 42.4 Å². The summed E-state index contributed by atoms with van der Waals surface area (Å²) < 4.78 is 0. The van der Waals surface area contributed by atoms with Crippen LogP contribution in [0.25, 0.3) is 0 Å². The normalized spacial score (nSPS) is 23.0. The lowest BCUT2D eigenvalue weighted by atomic mass is 9.97. The fraction of sp³-hybridized carbons (Fsp3) is 0.579. The molecule has 0 aromatic heterocycles. The van der Waals surface area contributed by atoms with Crippen molar-refractivity contribution in [2.45, 2.75) is 45.2 Å². The second-order valence-corrected chi connectivity index (χ2v) is 6.94. The Balaban J connectivity index is 0.00000225. The van der Waals surface area contributed by atoms with Crippen LogP contribution in [0.2, 0.25) is 0 Å². The molecule has 1 aromatic carbocycles. The van der Waals surface area contributed by atoms with Crippen molar-refractivity contribution in [2.24, 2.45) is 5.92 Å². The summed E-state index contributed by atoms with van der Waals surface area (Å²) in [5, 5.41) is 6.29. The molecule has 2 fully saturated rings. The lowest BCUT2D eigenvalue weighted by Gasteiger charge is -2.30. The number of amides is 2. The highest BCUT2D eigenvalue weighted by atomic mass is 35.5. The van der Waals surface area contributed by atoms with Crippen LogP contribution in [0.1, 0.15) is 36.8 Å². The number of benzene rings is 1. The van der Waals surface area contributed by atoms with Crippen molar-refractivity contribution in [1.82, 2.24) is 15.5 Å². The summed E-state index contributed by atoms with van der Waals surface area (Å²) in [6, 6.07) is 7.85. The third-order valence-corrected chi connectivity index (χ3v) is 5.07. The highest BCUT2D eigenvalue weighted by Crippen LogP contribution is 2.23. The number of halogens is 1. The number of carbonyl (C=O) groups is 2. The summed E-state index contributed by atoms with van der Waals surface area (Å²) in [6.45, 7) is 5.00. The number of carbonyl (C=O) groups excluding carboxylic acids is 2. The Morgan fingerprint density at radius 2 is 1.96 bits per heavy atom.